The topological polar surface area (TPSA) is 34.1 Å². The maximum absolute atomic E-state index is 10.7. The first-order chi connectivity index (χ1) is 4.12. The average molecular weight is 183 g/mol. The van der Waals surface area contributed by atoms with E-state index in [-0.39, 0.29) is 23.9 Å². The van der Waals surface area contributed by atoms with Gasteiger partial charge in [0.1, 0.15) is 0 Å². The molecule has 0 aromatic heterocycles. The van der Waals surface area contributed by atoms with Gasteiger partial charge in [0.05, 0.1) is 11.5 Å². The molecule has 0 rings (SSSR count). The van der Waals surface area contributed by atoms with Crippen LogP contribution in [-0.4, -0.2) is 19.9 Å². The van der Waals surface area contributed by atoms with Crippen molar-refractivity contribution in [1.82, 2.24) is 0 Å². The third-order valence-corrected chi connectivity index (χ3v) is 2.23. The van der Waals surface area contributed by atoms with E-state index in [0.29, 0.717) is 0 Å². The minimum atomic E-state index is -2.92. The van der Waals surface area contributed by atoms with Gasteiger partial charge in [0.15, 0.2) is 9.84 Å². The van der Waals surface area contributed by atoms with Crippen molar-refractivity contribution in [3.63, 3.8) is 0 Å². The number of sulfone groups is 1. The summed E-state index contributed by atoms with van der Waals surface area (Å²) in [4.78, 5) is 0. The lowest BCUT2D eigenvalue weighted by Crippen LogP contribution is -2.06. The van der Waals surface area contributed by atoms with Crippen LogP contribution in [0.25, 0.3) is 0 Å². The average Bonchev–Trinajstić information content (AvgIpc) is 1.64. The summed E-state index contributed by atoms with van der Waals surface area (Å²) in [6.07, 6.45) is 2.75. The molecule has 0 spiro atoms. The van der Waals surface area contributed by atoms with Gasteiger partial charge in [-0.2, -0.15) is 0 Å². The van der Waals surface area contributed by atoms with Gasteiger partial charge in [-0.25, -0.2) is 8.42 Å². The van der Waals surface area contributed by atoms with E-state index in [1.165, 1.54) is 12.2 Å². The van der Waals surface area contributed by atoms with E-state index in [4.69, 9.17) is 0 Å². The van der Waals surface area contributed by atoms with E-state index in [2.05, 4.69) is 13.2 Å². The molecule has 10 heavy (non-hydrogen) atoms. The van der Waals surface area contributed by atoms with E-state index >= 15 is 0 Å². The monoisotopic (exact) mass is 182 g/mol. The highest BCUT2D eigenvalue weighted by atomic mass is 35.5. The summed E-state index contributed by atoms with van der Waals surface area (Å²) >= 11 is 0. The molecule has 0 radical (unpaired) electrons. The third kappa shape index (κ3) is 5.85. The van der Waals surface area contributed by atoms with E-state index in [1.54, 1.807) is 0 Å². The standard InChI is InChI=1S/C6H10O2S.ClH/c1-3-5-9(7,8)6-4-2;/h3-4H,1-2,5-6H2;1H. The van der Waals surface area contributed by atoms with Crippen LogP contribution in [0.5, 0.6) is 0 Å². The SMILES string of the molecule is C=CCS(=O)(=O)CC=C.Cl. The first kappa shape index (κ1) is 12.4. The molecular weight excluding hydrogens is 172 g/mol. The number of rotatable bonds is 4. The molecule has 0 bridgehead atoms. The first-order valence-corrected chi connectivity index (χ1v) is 4.37. The van der Waals surface area contributed by atoms with Crippen molar-refractivity contribution in [3.05, 3.63) is 25.3 Å². The first-order valence-electron chi connectivity index (χ1n) is 2.54. The predicted molar refractivity (Wildman–Crippen MR) is 46.3 cm³/mol. The highest BCUT2D eigenvalue weighted by Gasteiger charge is 2.02. The van der Waals surface area contributed by atoms with Crippen LogP contribution in [0.15, 0.2) is 25.3 Å². The zero-order chi connectivity index (χ0) is 7.33. The van der Waals surface area contributed by atoms with Crippen molar-refractivity contribution < 1.29 is 8.42 Å². The summed E-state index contributed by atoms with van der Waals surface area (Å²) < 4.78 is 21.4. The minimum absolute atomic E-state index is 0. The predicted octanol–water partition coefficient (Wildman–Crippen LogP) is 1.20. The smallest absolute Gasteiger partial charge is 0.157 e. The van der Waals surface area contributed by atoms with Crippen molar-refractivity contribution in [2.45, 2.75) is 0 Å². The molecule has 2 nitrogen and oxygen atoms in total. The fourth-order valence-electron chi connectivity index (χ4n) is 0.427. The molecule has 0 unspecified atom stereocenters. The maximum Gasteiger partial charge on any atom is 0.157 e. The molecule has 0 heterocycles. The fraction of sp³-hybridized carbons (Fsp3) is 0.333. The van der Waals surface area contributed by atoms with Crippen LogP contribution in [0.2, 0.25) is 0 Å². The second-order valence-corrected chi connectivity index (χ2v) is 3.81. The van der Waals surface area contributed by atoms with Crippen LogP contribution >= 0.6 is 12.4 Å². The Hall–Kier alpha value is -0.280. The van der Waals surface area contributed by atoms with Crippen LogP contribution in [0.1, 0.15) is 0 Å². The van der Waals surface area contributed by atoms with Crippen LogP contribution in [0, 0.1) is 0 Å². The second kappa shape index (κ2) is 5.50. The molecule has 0 aliphatic rings. The van der Waals surface area contributed by atoms with Crippen LogP contribution in [0.4, 0.5) is 0 Å². The van der Waals surface area contributed by atoms with Gasteiger partial charge in [0, 0.05) is 0 Å². The lowest BCUT2D eigenvalue weighted by atomic mass is 10.8. The zero-order valence-corrected chi connectivity index (χ0v) is 7.25. The molecular formula is C6H11ClO2S. The summed E-state index contributed by atoms with van der Waals surface area (Å²) in [5.74, 6) is 0.0814. The van der Waals surface area contributed by atoms with Gasteiger partial charge in [-0.15, -0.1) is 25.6 Å². The Kier molecular flexibility index (Phi) is 6.82. The molecule has 0 N–H and O–H groups in total. The van der Waals surface area contributed by atoms with Crippen molar-refractivity contribution >= 4 is 22.2 Å². The minimum Gasteiger partial charge on any atom is -0.228 e. The summed E-state index contributed by atoms with van der Waals surface area (Å²) in [5.41, 5.74) is 0. The van der Waals surface area contributed by atoms with Gasteiger partial charge < -0.3 is 0 Å². The van der Waals surface area contributed by atoms with E-state index in [9.17, 15) is 8.42 Å². The zero-order valence-electron chi connectivity index (χ0n) is 5.62. The molecule has 0 atom stereocenters. The Morgan fingerprint density at radius 3 is 1.60 bits per heavy atom. The van der Waals surface area contributed by atoms with Gasteiger partial charge in [-0.3, -0.25) is 0 Å². The Morgan fingerprint density at radius 2 is 1.40 bits per heavy atom. The van der Waals surface area contributed by atoms with Crippen molar-refractivity contribution in [1.29, 1.82) is 0 Å². The molecule has 60 valence electrons. The van der Waals surface area contributed by atoms with Crippen LogP contribution in [0.3, 0.4) is 0 Å². The van der Waals surface area contributed by atoms with Gasteiger partial charge in [0.2, 0.25) is 0 Å². The molecule has 0 aromatic rings. The Balaban J connectivity index is 0. The van der Waals surface area contributed by atoms with Crippen LogP contribution < -0.4 is 0 Å². The largest absolute Gasteiger partial charge is 0.228 e. The fourth-order valence-corrected chi connectivity index (χ4v) is 1.28. The molecule has 4 heteroatoms. The summed E-state index contributed by atoms with van der Waals surface area (Å²) in [5, 5.41) is 0. The van der Waals surface area contributed by atoms with E-state index in [0.717, 1.165) is 0 Å². The van der Waals surface area contributed by atoms with E-state index in [1.807, 2.05) is 0 Å². The van der Waals surface area contributed by atoms with Crippen molar-refractivity contribution in [2.75, 3.05) is 11.5 Å². The molecule has 0 aliphatic heterocycles. The summed E-state index contributed by atoms with van der Waals surface area (Å²) in [6, 6.07) is 0. The van der Waals surface area contributed by atoms with Gasteiger partial charge in [-0.1, -0.05) is 12.2 Å². The lowest BCUT2D eigenvalue weighted by molar-refractivity contribution is 0.602. The Morgan fingerprint density at radius 1 is 1.10 bits per heavy atom. The van der Waals surface area contributed by atoms with Gasteiger partial charge in [-0.05, 0) is 0 Å². The number of hydrogen-bond donors (Lipinski definition) is 0. The number of halogens is 1. The van der Waals surface area contributed by atoms with Crippen LogP contribution in [-0.2, 0) is 9.84 Å². The van der Waals surface area contributed by atoms with Gasteiger partial charge >= 0.3 is 0 Å². The molecule has 0 aromatic carbocycles. The second-order valence-electron chi connectivity index (χ2n) is 1.65. The normalized spacial score (nSPS) is 9.60. The Bertz CT molecular complexity index is 178. The number of hydrogen-bond acceptors (Lipinski definition) is 2. The van der Waals surface area contributed by atoms with Gasteiger partial charge in [0.25, 0.3) is 0 Å². The highest BCUT2D eigenvalue weighted by molar-refractivity contribution is 7.91. The van der Waals surface area contributed by atoms with E-state index < -0.39 is 9.84 Å². The molecule has 0 fully saturated rings. The molecule has 0 aliphatic carbocycles. The highest BCUT2D eigenvalue weighted by Crippen LogP contribution is 1.89. The Labute approximate surface area is 68.0 Å². The van der Waals surface area contributed by atoms with Crippen molar-refractivity contribution in [2.24, 2.45) is 0 Å². The quantitative estimate of drug-likeness (QED) is 0.613. The molecule has 0 saturated carbocycles. The maximum atomic E-state index is 10.7. The van der Waals surface area contributed by atoms with Crippen molar-refractivity contribution in [3.8, 4) is 0 Å². The summed E-state index contributed by atoms with van der Waals surface area (Å²) in [7, 11) is -2.92. The lowest BCUT2D eigenvalue weighted by Gasteiger charge is -1.92. The third-order valence-electron chi connectivity index (χ3n) is 0.744. The molecule has 0 amide bonds. The molecule has 0 saturated heterocycles. The summed E-state index contributed by atoms with van der Waals surface area (Å²) in [6.45, 7) is 6.63.